The highest BCUT2D eigenvalue weighted by Gasteiger charge is 2.51. The van der Waals surface area contributed by atoms with Crippen LogP contribution in [0.2, 0.25) is 0 Å². The van der Waals surface area contributed by atoms with Crippen molar-refractivity contribution in [2.24, 2.45) is 17.8 Å². The fraction of sp³-hybridized carbons (Fsp3) is 0.619. The van der Waals surface area contributed by atoms with Gasteiger partial charge in [0.15, 0.2) is 11.7 Å². The molecule has 1 amide bonds. The molecule has 4 saturated carbocycles. The predicted octanol–water partition coefficient (Wildman–Crippen LogP) is 3.59. The lowest BCUT2D eigenvalue weighted by Crippen LogP contribution is -2.62. The Labute approximate surface area is 161 Å². The van der Waals surface area contributed by atoms with Crippen LogP contribution in [-0.2, 0) is 11.2 Å². The van der Waals surface area contributed by atoms with Gasteiger partial charge in [0.1, 0.15) is 5.75 Å². The van der Waals surface area contributed by atoms with E-state index in [-0.39, 0.29) is 18.1 Å². The molecule has 0 aromatic heterocycles. The van der Waals surface area contributed by atoms with E-state index in [1.54, 1.807) is 0 Å². The van der Waals surface area contributed by atoms with Crippen LogP contribution >= 0.6 is 12.2 Å². The number of benzene rings is 1. The molecule has 4 aliphatic rings. The Kier molecular flexibility index (Phi) is 4.91. The Morgan fingerprint density at radius 1 is 1.12 bits per heavy atom. The molecule has 4 aliphatic carbocycles. The summed E-state index contributed by atoms with van der Waals surface area (Å²) >= 11 is 5.43. The largest absolute Gasteiger partial charge is 0.484 e. The normalized spacial score (nSPS) is 31.5. The highest BCUT2D eigenvalue weighted by atomic mass is 32.1. The summed E-state index contributed by atoms with van der Waals surface area (Å²) in [5.41, 5.74) is 1.37. The first kappa shape index (κ1) is 17.8. The number of hydrogen-bond acceptors (Lipinski definition) is 3. The van der Waals surface area contributed by atoms with E-state index in [4.69, 9.17) is 17.0 Å². The predicted molar refractivity (Wildman–Crippen MR) is 106 cm³/mol. The van der Waals surface area contributed by atoms with E-state index in [2.05, 4.69) is 17.6 Å². The summed E-state index contributed by atoms with van der Waals surface area (Å²) in [5, 5.41) is 6.78. The minimum absolute atomic E-state index is 0.0197. The fourth-order valence-electron chi connectivity index (χ4n) is 5.67. The standard InChI is InChI=1S/C21H28N2O2S/c1-2-14-3-5-18(6-4-14)25-13-19(24)22-20(26)23-21-10-15-7-16(11-21)9-17(8-15)12-21/h3-6,15-17H,2,7-13H2,1H3,(H2,22,23,24,26). The average molecular weight is 373 g/mol. The number of hydrogen-bond donors (Lipinski definition) is 2. The first-order chi connectivity index (χ1) is 12.5. The van der Waals surface area contributed by atoms with Crippen LogP contribution in [0.1, 0.15) is 51.0 Å². The van der Waals surface area contributed by atoms with Crippen molar-refractivity contribution < 1.29 is 9.53 Å². The van der Waals surface area contributed by atoms with Crippen molar-refractivity contribution >= 4 is 23.2 Å². The van der Waals surface area contributed by atoms with Crippen LogP contribution in [0.4, 0.5) is 0 Å². The van der Waals surface area contributed by atoms with Gasteiger partial charge in [-0.25, -0.2) is 0 Å². The monoisotopic (exact) mass is 372 g/mol. The summed E-state index contributed by atoms with van der Waals surface area (Å²) in [6, 6.07) is 7.84. The maximum Gasteiger partial charge on any atom is 0.264 e. The van der Waals surface area contributed by atoms with Gasteiger partial charge in [-0.15, -0.1) is 0 Å². The molecule has 26 heavy (non-hydrogen) atoms. The van der Waals surface area contributed by atoms with Gasteiger partial charge in [0.05, 0.1) is 0 Å². The van der Waals surface area contributed by atoms with Crippen LogP contribution in [0.15, 0.2) is 24.3 Å². The molecule has 5 heteroatoms. The van der Waals surface area contributed by atoms with Gasteiger partial charge in [0.2, 0.25) is 0 Å². The van der Waals surface area contributed by atoms with Gasteiger partial charge in [0, 0.05) is 5.54 Å². The molecular weight excluding hydrogens is 344 g/mol. The van der Waals surface area contributed by atoms with Crippen molar-refractivity contribution in [1.82, 2.24) is 10.6 Å². The molecule has 2 N–H and O–H groups in total. The van der Waals surface area contributed by atoms with Crippen LogP contribution in [0.3, 0.4) is 0 Å². The third-order valence-corrected chi connectivity index (χ3v) is 6.58. The highest BCUT2D eigenvalue weighted by Crippen LogP contribution is 2.55. The number of nitrogens with one attached hydrogen (secondary N) is 2. The molecule has 0 atom stereocenters. The van der Waals surface area contributed by atoms with Gasteiger partial charge in [-0.2, -0.15) is 0 Å². The number of amides is 1. The second kappa shape index (κ2) is 7.18. The maximum atomic E-state index is 12.2. The molecule has 140 valence electrons. The summed E-state index contributed by atoms with van der Waals surface area (Å²) in [7, 11) is 0. The van der Waals surface area contributed by atoms with E-state index in [1.807, 2.05) is 24.3 Å². The topological polar surface area (TPSA) is 50.4 Å². The minimum atomic E-state index is -0.202. The zero-order chi connectivity index (χ0) is 18.1. The summed E-state index contributed by atoms with van der Waals surface area (Å²) in [5.74, 6) is 3.05. The number of aryl methyl sites for hydroxylation is 1. The molecule has 0 aliphatic heterocycles. The third-order valence-electron chi connectivity index (χ3n) is 6.37. The van der Waals surface area contributed by atoms with Crippen LogP contribution < -0.4 is 15.4 Å². The van der Waals surface area contributed by atoms with Crippen molar-refractivity contribution in [2.45, 2.75) is 57.4 Å². The van der Waals surface area contributed by atoms with Gasteiger partial charge in [-0.05, 0) is 92.6 Å². The Hall–Kier alpha value is -1.62. The molecule has 0 heterocycles. The molecule has 1 aromatic rings. The van der Waals surface area contributed by atoms with Crippen LogP contribution in [0.25, 0.3) is 0 Å². The molecule has 0 unspecified atom stereocenters. The van der Waals surface area contributed by atoms with Crippen molar-refractivity contribution in [3.8, 4) is 5.75 Å². The number of ether oxygens (including phenoxy) is 1. The number of carbonyl (C=O) groups is 1. The molecule has 0 spiro atoms. The number of rotatable bonds is 5. The summed E-state index contributed by atoms with van der Waals surface area (Å²) in [4.78, 5) is 12.2. The number of carbonyl (C=O) groups excluding carboxylic acids is 1. The first-order valence-electron chi connectivity index (χ1n) is 9.87. The van der Waals surface area contributed by atoms with E-state index in [1.165, 1.54) is 44.1 Å². The lowest BCUT2D eigenvalue weighted by atomic mass is 9.53. The SMILES string of the molecule is CCc1ccc(OCC(=O)NC(=S)NC23CC4CC(CC(C4)C2)C3)cc1. The van der Waals surface area contributed by atoms with Gasteiger partial charge >= 0.3 is 0 Å². The lowest BCUT2D eigenvalue weighted by Gasteiger charge is -2.57. The third kappa shape index (κ3) is 3.88. The molecule has 4 nitrogen and oxygen atoms in total. The van der Waals surface area contributed by atoms with Gasteiger partial charge in [0.25, 0.3) is 5.91 Å². The smallest absolute Gasteiger partial charge is 0.264 e. The summed E-state index contributed by atoms with van der Waals surface area (Å²) in [6.45, 7) is 2.09. The zero-order valence-corrected chi connectivity index (χ0v) is 16.2. The van der Waals surface area contributed by atoms with Gasteiger partial charge in [-0.3, -0.25) is 4.79 Å². The van der Waals surface area contributed by atoms with E-state index < -0.39 is 0 Å². The second-order valence-corrected chi connectivity index (χ2v) is 8.89. The van der Waals surface area contributed by atoms with Gasteiger partial charge < -0.3 is 15.4 Å². The van der Waals surface area contributed by atoms with Gasteiger partial charge in [-0.1, -0.05) is 19.1 Å². The summed E-state index contributed by atoms with van der Waals surface area (Å²) in [6.07, 6.45) is 8.78. The molecule has 0 saturated heterocycles. The molecular formula is C21H28N2O2S. The Balaban J connectivity index is 1.26. The maximum absolute atomic E-state index is 12.2. The molecule has 4 fully saturated rings. The minimum Gasteiger partial charge on any atom is -0.484 e. The van der Waals surface area contributed by atoms with Crippen LogP contribution in [0.5, 0.6) is 5.75 Å². The average Bonchev–Trinajstić information content (AvgIpc) is 2.58. The van der Waals surface area contributed by atoms with Crippen molar-refractivity contribution in [2.75, 3.05) is 6.61 Å². The quantitative estimate of drug-likeness (QED) is 0.776. The van der Waals surface area contributed by atoms with E-state index in [0.717, 1.165) is 24.2 Å². The van der Waals surface area contributed by atoms with Crippen molar-refractivity contribution in [3.05, 3.63) is 29.8 Å². The highest BCUT2D eigenvalue weighted by molar-refractivity contribution is 7.80. The van der Waals surface area contributed by atoms with Crippen LogP contribution in [-0.4, -0.2) is 23.2 Å². The van der Waals surface area contributed by atoms with Crippen molar-refractivity contribution in [1.29, 1.82) is 0 Å². The van der Waals surface area contributed by atoms with E-state index >= 15 is 0 Å². The van der Waals surface area contributed by atoms with Crippen molar-refractivity contribution in [3.63, 3.8) is 0 Å². The molecule has 0 radical (unpaired) electrons. The number of thiocarbonyl (C=S) groups is 1. The Bertz CT molecular complexity index is 650. The zero-order valence-electron chi connectivity index (χ0n) is 15.4. The first-order valence-corrected chi connectivity index (χ1v) is 10.3. The fourth-order valence-corrected chi connectivity index (χ4v) is 6.00. The lowest BCUT2D eigenvalue weighted by molar-refractivity contribution is -0.121. The van der Waals surface area contributed by atoms with E-state index in [0.29, 0.717) is 10.9 Å². The van der Waals surface area contributed by atoms with E-state index in [9.17, 15) is 4.79 Å². The second-order valence-electron chi connectivity index (χ2n) is 8.49. The summed E-state index contributed by atoms with van der Waals surface area (Å²) < 4.78 is 5.56. The molecule has 1 aromatic carbocycles. The Morgan fingerprint density at radius 2 is 1.69 bits per heavy atom. The molecule has 5 rings (SSSR count). The Morgan fingerprint density at radius 3 is 2.23 bits per heavy atom. The van der Waals surface area contributed by atoms with Crippen LogP contribution in [0, 0.1) is 17.8 Å². The molecule has 4 bridgehead atoms.